The minimum Gasteiger partial charge on any atom is -0.497 e. The fraction of sp³-hybridized carbons (Fsp3) is 0.316. The third kappa shape index (κ3) is 5.29. The predicted octanol–water partition coefficient (Wildman–Crippen LogP) is 4.55. The summed E-state index contributed by atoms with van der Waals surface area (Å²) in [7, 11) is 1.64. The van der Waals surface area contributed by atoms with E-state index in [0.29, 0.717) is 17.9 Å². The number of nitrogens with one attached hydrogen (secondary N) is 1. The van der Waals surface area contributed by atoms with Crippen molar-refractivity contribution < 1.29 is 9.53 Å². The minimum atomic E-state index is 0.0265. The van der Waals surface area contributed by atoms with Crippen molar-refractivity contribution >= 4 is 17.5 Å². The van der Waals surface area contributed by atoms with Gasteiger partial charge in [-0.25, -0.2) is 0 Å². The van der Waals surface area contributed by atoms with Crippen LogP contribution in [0.5, 0.6) is 5.75 Å². The molecule has 0 fully saturated rings. The van der Waals surface area contributed by atoms with Gasteiger partial charge in [0.25, 0.3) is 0 Å². The average Bonchev–Trinajstić information content (AvgIpc) is 2.59. The molecule has 0 bridgehead atoms. The van der Waals surface area contributed by atoms with Crippen LogP contribution in [0.1, 0.15) is 36.9 Å². The molecule has 0 aliphatic heterocycles. The second-order valence-corrected chi connectivity index (χ2v) is 5.86. The summed E-state index contributed by atoms with van der Waals surface area (Å²) < 4.78 is 5.16. The second kappa shape index (κ2) is 8.59. The van der Waals surface area contributed by atoms with Gasteiger partial charge in [0.05, 0.1) is 13.2 Å². The molecular weight excluding hydrogens is 310 g/mol. The molecule has 4 heteroatoms. The molecule has 1 unspecified atom stereocenters. The third-order valence-corrected chi connectivity index (χ3v) is 4.07. The third-order valence-electron chi connectivity index (χ3n) is 3.82. The summed E-state index contributed by atoms with van der Waals surface area (Å²) in [4.78, 5) is 12.2. The number of hydrogen-bond acceptors (Lipinski definition) is 2. The zero-order chi connectivity index (χ0) is 16.7. The summed E-state index contributed by atoms with van der Waals surface area (Å²) in [6.07, 6.45) is 2.02. The molecule has 0 aliphatic rings. The van der Waals surface area contributed by atoms with Crippen LogP contribution in [0.25, 0.3) is 0 Å². The first-order valence-electron chi connectivity index (χ1n) is 7.80. The fourth-order valence-electron chi connectivity index (χ4n) is 2.43. The van der Waals surface area contributed by atoms with Crippen LogP contribution in [0, 0.1) is 0 Å². The van der Waals surface area contributed by atoms with Crippen molar-refractivity contribution in [2.45, 2.75) is 32.2 Å². The van der Waals surface area contributed by atoms with E-state index in [1.54, 1.807) is 7.11 Å². The maximum Gasteiger partial charge on any atom is 0.220 e. The summed E-state index contributed by atoms with van der Waals surface area (Å²) in [6, 6.07) is 15.4. The minimum absolute atomic E-state index is 0.0265. The smallest absolute Gasteiger partial charge is 0.220 e. The van der Waals surface area contributed by atoms with E-state index in [4.69, 9.17) is 16.3 Å². The highest BCUT2D eigenvalue weighted by atomic mass is 35.5. The van der Waals surface area contributed by atoms with E-state index in [-0.39, 0.29) is 11.9 Å². The van der Waals surface area contributed by atoms with Gasteiger partial charge in [-0.1, -0.05) is 42.8 Å². The van der Waals surface area contributed by atoms with Crippen LogP contribution in [0.4, 0.5) is 0 Å². The predicted molar refractivity (Wildman–Crippen MR) is 93.9 cm³/mol. The first-order valence-corrected chi connectivity index (χ1v) is 8.18. The number of hydrogen-bond donors (Lipinski definition) is 1. The molecule has 1 atom stereocenters. The standard InChI is InChI=1S/C19H22ClNO2/c1-3-18(15-7-11-17(23-2)12-8-15)21-19(22)13-6-14-4-9-16(20)10-5-14/h4-5,7-12,18H,3,6,13H2,1-2H3,(H,21,22). The number of carbonyl (C=O) groups excluding carboxylic acids is 1. The SMILES string of the molecule is CCC(NC(=O)CCc1ccc(Cl)cc1)c1ccc(OC)cc1. The fourth-order valence-corrected chi connectivity index (χ4v) is 2.56. The van der Waals surface area contributed by atoms with Gasteiger partial charge in [0.2, 0.25) is 5.91 Å². The average molecular weight is 332 g/mol. The van der Waals surface area contributed by atoms with Crippen LogP contribution in [0.2, 0.25) is 5.02 Å². The van der Waals surface area contributed by atoms with E-state index in [2.05, 4.69) is 12.2 Å². The molecule has 2 aromatic rings. The van der Waals surface area contributed by atoms with Gasteiger partial charge in [0.15, 0.2) is 0 Å². The summed E-state index contributed by atoms with van der Waals surface area (Å²) in [5, 5.41) is 3.81. The van der Waals surface area contributed by atoms with Gasteiger partial charge in [0, 0.05) is 11.4 Å². The number of halogens is 1. The van der Waals surface area contributed by atoms with Gasteiger partial charge in [-0.15, -0.1) is 0 Å². The molecule has 0 saturated carbocycles. The van der Waals surface area contributed by atoms with Gasteiger partial charge in [0.1, 0.15) is 5.75 Å². The molecule has 122 valence electrons. The molecule has 0 radical (unpaired) electrons. The molecule has 2 rings (SSSR count). The molecule has 23 heavy (non-hydrogen) atoms. The Balaban J connectivity index is 1.89. The Kier molecular flexibility index (Phi) is 6.48. The Morgan fingerprint density at radius 2 is 1.78 bits per heavy atom. The van der Waals surface area contributed by atoms with Crippen molar-refractivity contribution in [1.82, 2.24) is 5.32 Å². The first kappa shape index (κ1) is 17.4. The van der Waals surface area contributed by atoms with Crippen LogP contribution in [0.15, 0.2) is 48.5 Å². The number of benzene rings is 2. The Hall–Kier alpha value is -2.00. The van der Waals surface area contributed by atoms with Crippen molar-refractivity contribution in [1.29, 1.82) is 0 Å². The summed E-state index contributed by atoms with van der Waals surface area (Å²) >= 11 is 5.86. The molecule has 2 aromatic carbocycles. The molecule has 0 aliphatic carbocycles. The molecule has 0 aromatic heterocycles. The quantitative estimate of drug-likeness (QED) is 0.808. The number of carbonyl (C=O) groups is 1. The van der Waals surface area contributed by atoms with Gasteiger partial charge < -0.3 is 10.1 Å². The lowest BCUT2D eigenvalue weighted by atomic mass is 10.0. The highest BCUT2D eigenvalue weighted by molar-refractivity contribution is 6.30. The molecule has 0 spiro atoms. The first-order chi connectivity index (χ1) is 11.1. The highest BCUT2D eigenvalue weighted by Crippen LogP contribution is 2.20. The number of rotatable bonds is 7. The molecule has 0 saturated heterocycles. The molecule has 3 nitrogen and oxygen atoms in total. The van der Waals surface area contributed by atoms with E-state index < -0.39 is 0 Å². The second-order valence-electron chi connectivity index (χ2n) is 5.43. The lowest BCUT2D eigenvalue weighted by Crippen LogP contribution is -2.28. The van der Waals surface area contributed by atoms with Gasteiger partial charge >= 0.3 is 0 Å². The van der Waals surface area contributed by atoms with E-state index in [1.807, 2.05) is 48.5 Å². The molecule has 0 heterocycles. The molecule has 1 N–H and O–H groups in total. The summed E-state index contributed by atoms with van der Waals surface area (Å²) in [5.74, 6) is 0.875. The highest BCUT2D eigenvalue weighted by Gasteiger charge is 2.12. The Labute approximate surface area is 142 Å². The van der Waals surface area contributed by atoms with E-state index in [1.165, 1.54) is 0 Å². The van der Waals surface area contributed by atoms with Crippen molar-refractivity contribution in [3.8, 4) is 5.75 Å². The molecular formula is C19H22ClNO2. The van der Waals surface area contributed by atoms with Crippen LogP contribution in [-0.2, 0) is 11.2 Å². The van der Waals surface area contributed by atoms with Gasteiger partial charge in [-0.05, 0) is 48.2 Å². The van der Waals surface area contributed by atoms with E-state index >= 15 is 0 Å². The van der Waals surface area contributed by atoms with Crippen LogP contribution < -0.4 is 10.1 Å². The maximum atomic E-state index is 12.2. The zero-order valence-corrected chi connectivity index (χ0v) is 14.3. The van der Waals surface area contributed by atoms with Gasteiger partial charge in [-0.2, -0.15) is 0 Å². The van der Waals surface area contributed by atoms with Crippen LogP contribution >= 0.6 is 11.6 Å². The molecule has 1 amide bonds. The van der Waals surface area contributed by atoms with Crippen molar-refractivity contribution in [2.75, 3.05) is 7.11 Å². The lowest BCUT2D eigenvalue weighted by molar-refractivity contribution is -0.121. The van der Waals surface area contributed by atoms with Crippen LogP contribution in [-0.4, -0.2) is 13.0 Å². The van der Waals surface area contributed by atoms with Gasteiger partial charge in [-0.3, -0.25) is 4.79 Å². The number of aryl methyl sites for hydroxylation is 1. The topological polar surface area (TPSA) is 38.3 Å². The Morgan fingerprint density at radius 3 is 2.35 bits per heavy atom. The largest absolute Gasteiger partial charge is 0.497 e. The van der Waals surface area contributed by atoms with Crippen LogP contribution in [0.3, 0.4) is 0 Å². The Morgan fingerprint density at radius 1 is 1.13 bits per heavy atom. The number of methoxy groups -OCH3 is 1. The van der Waals surface area contributed by atoms with Crippen molar-refractivity contribution in [3.05, 3.63) is 64.7 Å². The number of ether oxygens (including phenoxy) is 1. The van der Waals surface area contributed by atoms with E-state index in [0.717, 1.165) is 23.3 Å². The van der Waals surface area contributed by atoms with Crippen molar-refractivity contribution in [2.24, 2.45) is 0 Å². The number of amides is 1. The maximum absolute atomic E-state index is 12.2. The Bertz CT molecular complexity index is 623. The zero-order valence-electron chi connectivity index (χ0n) is 13.5. The summed E-state index contributed by atoms with van der Waals surface area (Å²) in [6.45, 7) is 2.06. The van der Waals surface area contributed by atoms with Crippen molar-refractivity contribution in [3.63, 3.8) is 0 Å². The van der Waals surface area contributed by atoms with E-state index in [9.17, 15) is 4.79 Å². The monoisotopic (exact) mass is 331 g/mol. The lowest BCUT2D eigenvalue weighted by Gasteiger charge is -2.18. The normalized spacial score (nSPS) is 11.8. The summed E-state index contributed by atoms with van der Waals surface area (Å²) in [5.41, 5.74) is 2.20.